The van der Waals surface area contributed by atoms with Crippen LogP contribution in [0, 0.1) is 0 Å². The molecular weight excluding hydrogens is 194 g/mol. The first-order chi connectivity index (χ1) is 6.88. The summed E-state index contributed by atoms with van der Waals surface area (Å²) in [5, 5.41) is 6.48. The summed E-state index contributed by atoms with van der Waals surface area (Å²) in [6.45, 7) is 4.93. The Labute approximate surface area is 88.3 Å². The van der Waals surface area contributed by atoms with E-state index >= 15 is 0 Å². The molecule has 0 aromatic carbocycles. The molecule has 1 aliphatic heterocycles. The molecular formula is C10H15N3S. The third-order valence-electron chi connectivity index (χ3n) is 2.17. The van der Waals surface area contributed by atoms with Crippen molar-refractivity contribution in [1.29, 1.82) is 0 Å². The minimum Gasteiger partial charge on any atom is -0.355 e. The highest BCUT2D eigenvalue weighted by molar-refractivity contribution is 7.11. The first-order valence-electron chi connectivity index (χ1n) is 4.98. The highest BCUT2D eigenvalue weighted by atomic mass is 32.1. The van der Waals surface area contributed by atoms with E-state index in [1.807, 2.05) is 11.3 Å². The largest absolute Gasteiger partial charge is 0.355 e. The summed E-state index contributed by atoms with van der Waals surface area (Å²) in [5.74, 6) is 0.941. The molecule has 0 fully saturated rings. The van der Waals surface area contributed by atoms with Gasteiger partial charge >= 0.3 is 0 Å². The number of hydrogen-bond acceptors (Lipinski definition) is 4. The van der Waals surface area contributed by atoms with E-state index < -0.39 is 0 Å². The lowest BCUT2D eigenvalue weighted by atomic mass is 10.4. The molecule has 0 atom stereocenters. The fraction of sp³-hybridized carbons (Fsp3) is 0.500. The molecule has 0 spiro atoms. The smallest absolute Gasteiger partial charge is 0.191 e. The predicted octanol–water partition coefficient (Wildman–Crippen LogP) is 1.36. The summed E-state index contributed by atoms with van der Waals surface area (Å²) >= 11 is 1.87. The highest BCUT2D eigenvalue weighted by Crippen LogP contribution is 2.16. The van der Waals surface area contributed by atoms with Crippen molar-refractivity contribution in [1.82, 2.24) is 10.6 Å². The Kier molecular flexibility index (Phi) is 3.03. The number of thiophene rings is 1. The van der Waals surface area contributed by atoms with Gasteiger partial charge in [0.15, 0.2) is 5.96 Å². The Morgan fingerprint density at radius 2 is 2.36 bits per heavy atom. The van der Waals surface area contributed by atoms with Crippen LogP contribution in [0.1, 0.15) is 16.7 Å². The van der Waals surface area contributed by atoms with Crippen molar-refractivity contribution in [3.8, 4) is 0 Å². The lowest BCUT2D eigenvalue weighted by Gasteiger charge is -2.03. The molecule has 0 bridgehead atoms. The molecule has 2 heterocycles. The van der Waals surface area contributed by atoms with Gasteiger partial charge in [-0.05, 0) is 18.6 Å². The van der Waals surface area contributed by atoms with E-state index in [1.165, 1.54) is 9.75 Å². The van der Waals surface area contributed by atoms with Gasteiger partial charge in [0.2, 0.25) is 0 Å². The number of rotatable bonds is 3. The third kappa shape index (κ3) is 2.26. The van der Waals surface area contributed by atoms with Crippen molar-refractivity contribution in [2.45, 2.75) is 19.9 Å². The summed E-state index contributed by atoms with van der Waals surface area (Å²) < 4.78 is 0. The topological polar surface area (TPSA) is 36.4 Å². The van der Waals surface area contributed by atoms with E-state index in [9.17, 15) is 0 Å². The van der Waals surface area contributed by atoms with Crippen LogP contribution >= 0.6 is 11.3 Å². The molecule has 0 saturated heterocycles. The number of aliphatic imine (C=N–C) groups is 1. The predicted molar refractivity (Wildman–Crippen MR) is 60.8 cm³/mol. The van der Waals surface area contributed by atoms with Crippen LogP contribution in [0.15, 0.2) is 17.1 Å². The minimum atomic E-state index is 0.885. The molecule has 2 N–H and O–H groups in total. The van der Waals surface area contributed by atoms with Gasteiger partial charge in [0.1, 0.15) is 0 Å². The molecule has 76 valence electrons. The molecule has 1 aromatic rings. The van der Waals surface area contributed by atoms with Crippen molar-refractivity contribution in [3.63, 3.8) is 0 Å². The standard InChI is InChI=1S/C10H15N3S/c1-2-8-3-4-9(14-8)7-13-10-11-5-6-12-10/h3-4H,2,5-7H2,1H3,(H2,11,12,13). The van der Waals surface area contributed by atoms with Crippen molar-refractivity contribution in [2.24, 2.45) is 4.99 Å². The molecule has 3 nitrogen and oxygen atoms in total. The maximum atomic E-state index is 4.28. The van der Waals surface area contributed by atoms with Crippen molar-refractivity contribution >= 4 is 17.3 Å². The number of hydrogen-bond donors (Lipinski definition) is 2. The Bertz CT molecular complexity index is 330. The highest BCUT2D eigenvalue weighted by Gasteiger charge is 2.04. The second-order valence-corrected chi connectivity index (χ2v) is 4.49. The van der Waals surface area contributed by atoms with Crippen LogP contribution in [-0.4, -0.2) is 19.0 Å². The first kappa shape index (κ1) is 9.52. The molecule has 1 aromatic heterocycles. The molecule has 2 rings (SSSR count). The minimum absolute atomic E-state index is 0.885. The molecule has 0 unspecified atom stereocenters. The van der Waals surface area contributed by atoms with Crippen LogP contribution in [0.5, 0.6) is 0 Å². The van der Waals surface area contributed by atoms with Crippen LogP contribution in [0.25, 0.3) is 0 Å². The average Bonchev–Trinajstić information content (AvgIpc) is 2.86. The number of aryl methyl sites for hydroxylation is 1. The zero-order valence-electron chi connectivity index (χ0n) is 8.34. The van der Waals surface area contributed by atoms with Crippen molar-refractivity contribution < 1.29 is 0 Å². The summed E-state index contributed by atoms with van der Waals surface area (Å²) in [4.78, 5) is 7.10. The van der Waals surface area contributed by atoms with Gasteiger partial charge in [0.05, 0.1) is 13.1 Å². The normalized spacial score (nSPS) is 15.1. The van der Waals surface area contributed by atoms with E-state index in [4.69, 9.17) is 0 Å². The van der Waals surface area contributed by atoms with Gasteiger partial charge in [-0.25, -0.2) is 0 Å². The maximum absolute atomic E-state index is 4.28. The monoisotopic (exact) mass is 209 g/mol. The Hall–Kier alpha value is -1.03. The molecule has 1 aliphatic rings. The lowest BCUT2D eigenvalue weighted by Crippen LogP contribution is -2.32. The zero-order chi connectivity index (χ0) is 9.80. The molecule has 0 amide bonds. The van der Waals surface area contributed by atoms with E-state index in [0.717, 1.165) is 32.0 Å². The summed E-state index contributed by atoms with van der Waals surface area (Å²) in [7, 11) is 0. The van der Waals surface area contributed by atoms with E-state index in [1.54, 1.807) is 0 Å². The van der Waals surface area contributed by atoms with Crippen molar-refractivity contribution in [3.05, 3.63) is 21.9 Å². The number of nitrogens with one attached hydrogen (secondary N) is 2. The Morgan fingerprint density at radius 3 is 3.00 bits per heavy atom. The first-order valence-corrected chi connectivity index (χ1v) is 5.80. The molecule has 0 radical (unpaired) electrons. The second kappa shape index (κ2) is 4.46. The van der Waals surface area contributed by atoms with Gasteiger partial charge in [-0.15, -0.1) is 11.3 Å². The quantitative estimate of drug-likeness (QED) is 0.788. The van der Waals surface area contributed by atoms with Crippen LogP contribution < -0.4 is 10.6 Å². The third-order valence-corrected chi connectivity index (χ3v) is 3.40. The van der Waals surface area contributed by atoms with Gasteiger partial charge in [0.25, 0.3) is 0 Å². The van der Waals surface area contributed by atoms with Gasteiger partial charge in [-0.1, -0.05) is 6.92 Å². The Morgan fingerprint density at radius 1 is 1.50 bits per heavy atom. The number of nitrogens with zero attached hydrogens (tertiary/aromatic N) is 1. The summed E-state index contributed by atoms with van der Waals surface area (Å²) in [6, 6.07) is 4.39. The van der Waals surface area contributed by atoms with E-state index in [-0.39, 0.29) is 0 Å². The molecule has 4 heteroatoms. The summed E-state index contributed by atoms with van der Waals surface area (Å²) in [5.41, 5.74) is 0. The van der Waals surface area contributed by atoms with Gasteiger partial charge in [-0.3, -0.25) is 4.99 Å². The number of guanidine groups is 1. The van der Waals surface area contributed by atoms with Crippen LogP contribution in [-0.2, 0) is 13.0 Å². The van der Waals surface area contributed by atoms with E-state index in [2.05, 4.69) is 34.7 Å². The second-order valence-electron chi connectivity index (χ2n) is 3.23. The molecule has 0 saturated carbocycles. The van der Waals surface area contributed by atoms with Crippen molar-refractivity contribution in [2.75, 3.05) is 13.1 Å². The van der Waals surface area contributed by atoms with Gasteiger partial charge < -0.3 is 10.6 Å². The zero-order valence-corrected chi connectivity index (χ0v) is 9.16. The van der Waals surface area contributed by atoms with Gasteiger partial charge in [0, 0.05) is 16.3 Å². The van der Waals surface area contributed by atoms with Crippen LogP contribution in [0.3, 0.4) is 0 Å². The van der Waals surface area contributed by atoms with Gasteiger partial charge in [-0.2, -0.15) is 0 Å². The summed E-state index contributed by atoms with van der Waals surface area (Å²) in [6.07, 6.45) is 1.13. The molecule has 14 heavy (non-hydrogen) atoms. The average molecular weight is 209 g/mol. The molecule has 0 aliphatic carbocycles. The SMILES string of the molecule is CCc1ccc(CNC2=NCCN2)s1. The van der Waals surface area contributed by atoms with Crippen LogP contribution in [0.4, 0.5) is 0 Å². The fourth-order valence-electron chi connectivity index (χ4n) is 1.39. The fourth-order valence-corrected chi connectivity index (χ4v) is 2.29. The Balaban J connectivity index is 1.85. The van der Waals surface area contributed by atoms with E-state index in [0.29, 0.717) is 0 Å². The van der Waals surface area contributed by atoms with Crippen LogP contribution in [0.2, 0.25) is 0 Å². The maximum Gasteiger partial charge on any atom is 0.191 e. The lowest BCUT2D eigenvalue weighted by molar-refractivity contribution is 0.878.